The second kappa shape index (κ2) is 7.02. The van der Waals surface area contributed by atoms with Gasteiger partial charge in [-0.05, 0) is 36.6 Å². The molecule has 0 bridgehead atoms. The Morgan fingerprint density at radius 3 is 2.61 bits per heavy atom. The van der Waals surface area contributed by atoms with Crippen molar-refractivity contribution in [2.75, 3.05) is 25.7 Å². The molecule has 2 aromatic carbocycles. The summed E-state index contributed by atoms with van der Waals surface area (Å²) in [7, 11) is 4.05. The summed E-state index contributed by atoms with van der Waals surface area (Å²) in [5, 5.41) is 1.66. The summed E-state index contributed by atoms with van der Waals surface area (Å²) in [5.74, 6) is -0.731. The number of nitrogens with zero attached hydrogens (tertiary/aromatic N) is 3. The molecule has 0 aromatic heterocycles. The molecule has 0 spiro atoms. The van der Waals surface area contributed by atoms with Crippen molar-refractivity contribution in [3.8, 4) is 0 Å². The molecule has 2 aliphatic heterocycles. The van der Waals surface area contributed by atoms with Crippen LogP contribution in [0.3, 0.4) is 0 Å². The maximum absolute atomic E-state index is 13.4. The Morgan fingerprint density at radius 2 is 1.89 bits per heavy atom. The highest BCUT2D eigenvalue weighted by Gasteiger charge is 2.38. The number of aldehydes is 1. The van der Waals surface area contributed by atoms with Crippen molar-refractivity contribution in [3.05, 3.63) is 41.0 Å². The number of rotatable bonds is 5. The highest BCUT2D eigenvalue weighted by Crippen LogP contribution is 2.39. The number of unbranched alkanes of at least 4 members (excludes halogenated alkanes) is 1. The van der Waals surface area contributed by atoms with Crippen LogP contribution in [0, 0.1) is 0 Å². The van der Waals surface area contributed by atoms with Crippen LogP contribution in [0.5, 0.6) is 0 Å². The van der Waals surface area contributed by atoms with Crippen molar-refractivity contribution < 1.29 is 14.4 Å². The zero-order chi connectivity index (χ0) is 20.0. The fourth-order valence-electron chi connectivity index (χ4n) is 4.46. The fourth-order valence-corrected chi connectivity index (χ4v) is 4.46. The van der Waals surface area contributed by atoms with E-state index in [1.165, 1.54) is 4.90 Å². The summed E-state index contributed by atoms with van der Waals surface area (Å²) < 4.78 is 0. The van der Waals surface area contributed by atoms with Crippen molar-refractivity contribution in [1.82, 2.24) is 9.80 Å². The van der Waals surface area contributed by atoms with E-state index < -0.39 is 6.04 Å². The van der Waals surface area contributed by atoms with Crippen LogP contribution in [0.25, 0.3) is 10.8 Å². The molecule has 2 aromatic rings. The van der Waals surface area contributed by atoms with Crippen LogP contribution in [0.2, 0.25) is 0 Å². The first-order valence-electron chi connectivity index (χ1n) is 9.79. The van der Waals surface area contributed by atoms with Crippen LogP contribution in [0.4, 0.5) is 5.69 Å². The lowest BCUT2D eigenvalue weighted by atomic mass is 9.88. The van der Waals surface area contributed by atoms with Crippen LogP contribution in [-0.4, -0.2) is 54.7 Å². The summed E-state index contributed by atoms with van der Waals surface area (Å²) in [4.78, 5) is 43.7. The molecule has 0 N–H and O–H groups in total. The Balaban J connectivity index is 1.92. The zero-order valence-electron chi connectivity index (χ0n) is 16.6. The number of hydrogen-bond acceptors (Lipinski definition) is 5. The van der Waals surface area contributed by atoms with Gasteiger partial charge in [-0.3, -0.25) is 19.4 Å². The minimum atomic E-state index is -0.719. The van der Waals surface area contributed by atoms with Crippen LogP contribution in [0.1, 0.15) is 52.5 Å². The summed E-state index contributed by atoms with van der Waals surface area (Å²) in [6.07, 6.45) is 2.92. The molecular formula is C22H25N3O3. The van der Waals surface area contributed by atoms with Crippen LogP contribution in [-0.2, 0) is 11.3 Å². The predicted molar refractivity (Wildman–Crippen MR) is 109 cm³/mol. The Morgan fingerprint density at radius 1 is 1.14 bits per heavy atom. The molecule has 0 fully saturated rings. The average molecular weight is 379 g/mol. The van der Waals surface area contributed by atoms with Crippen LogP contribution < -0.4 is 4.90 Å². The predicted octanol–water partition coefficient (Wildman–Crippen LogP) is 3.03. The van der Waals surface area contributed by atoms with Gasteiger partial charge in [-0.15, -0.1) is 0 Å². The van der Waals surface area contributed by atoms with E-state index in [1.54, 1.807) is 6.07 Å². The van der Waals surface area contributed by atoms with Gasteiger partial charge in [-0.2, -0.15) is 0 Å². The third-order valence-electron chi connectivity index (χ3n) is 5.78. The van der Waals surface area contributed by atoms with Gasteiger partial charge in [-0.1, -0.05) is 31.9 Å². The molecule has 0 saturated carbocycles. The molecule has 6 nitrogen and oxygen atoms in total. The molecule has 1 atom stereocenters. The Hall–Kier alpha value is -2.73. The SMILES string of the molecule is CCCCC(C=O)N1C(=O)c2cccc3c4c(cc(c23)C1=O)N(C)CN(C)C4. The van der Waals surface area contributed by atoms with Crippen molar-refractivity contribution in [2.45, 2.75) is 38.8 Å². The van der Waals surface area contributed by atoms with E-state index in [2.05, 4.69) is 16.8 Å². The third kappa shape index (κ3) is 2.71. The molecule has 2 amide bonds. The normalized spacial score (nSPS) is 17.8. The largest absolute Gasteiger partial charge is 0.361 e. The van der Waals surface area contributed by atoms with Gasteiger partial charge in [0.25, 0.3) is 11.8 Å². The van der Waals surface area contributed by atoms with E-state index in [9.17, 15) is 14.4 Å². The standard InChI is InChI=1S/C22H25N3O3/c1-4-5-7-14(12-26)25-21(27)16-9-6-8-15-18-11-23(2)13-24(3)19(18)10-17(20(15)16)22(25)28/h6,8-10,12,14H,4-5,7,11,13H2,1-3H3. The van der Waals surface area contributed by atoms with E-state index in [0.29, 0.717) is 17.5 Å². The monoisotopic (exact) mass is 379 g/mol. The number of carbonyl (C=O) groups is 3. The van der Waals surface area contributed by atoms with Gasteiger partial charge < -0.3 is 9.69 Å². The van der Waals surface area contributed by atoms with E-state index in [1.807, 2.05) is 32.2 Å². The molecule has 2 heterocycles. The number of benzene rings is 2. The highest BCUT2D eigenvalue weighted by atomic mass is 16.2. The van der Waals surface area contributed by atoms with E-state index in [0.717, 1.165) is 54.4 Å². The molecule has 0 saturated heterocycles. The van der Waals surface area contributed by atoms with Crippen molar-refractivity contribution in [1.29, 1.82) is 0 Å². The van der Waals surface area contributed by atoms with Crippen LogP contribution in [0.15, 0.2) is 24.3 Å². The second-order valence-corrected chi connectivity index (χ2v) is 7.83. The number of imide groups is 1. The molecular weight excluding hydrogens is 354 g/mol. The first-order chi connectivity index (χ1) is 13.5. The molecule has 6 heteroatoms. The lowest BCUT2D eigenvalue weighted by Gasteiger charge is -2.37. The maximum Gasteiger partial charge on any atom is 0.262 e. The average Bonchev–Trinajstić information content (AvgIpc) is 2.68. The number of carbonyl (C=O) groups excluding carboxylic acids is 3. The Kier molecular flexibility index (Phi) is 4.67. The first-order valence-corrected chi connectivity index (χ1v) is 9.79. The van der Waals surface area contributed by atoms with Gasteiger partial charge >= 0.3 is 0 Å². The number of hydrogen-bond donors (Lipinski definition) is 0. The van der Waals surface area contributed by atoms with E-state index in [-0.39, 0.29) is 11.8 Å². The summed E-state index contributed by atoms with van der Waals surface area (Å²) in [6.45, 7) is 3.55. The maximum atomic E-state index is 13.4. The van der Waals surface area contributed by atoms with E-state index >= 15 is 0 Å². The molecule has 4 rings (SSSR count). The van der Waals surface area contributed by atoms with Gasteiger partial charge in [0.1, 0.15) is 6.29 Å². The molecule has 28 heavy (non-hydrogen) atoms. The van der Waals surface area contributed by atoms with Gasteiger partial charge in [0.2, 0.25) is 0 Å². The minimum Gasteiger partial charge on any atom is -0.361 e. The van der Waals surface area contributed by atoms with Gasteiger partial charge in [-0.25, -0.2) is 0 Å². The number of amides is 2. The summed E-state index contributed by atoms with van der Waals surface area (Å²) in [6, 6.07) is 6.79. The summed E-state index contributed by atoms with van der Waals surface area (Å²) in [5.41, 5.74) is 3.17. The lowest BCUT2D eigenvalue weighted by Crippen LogP contribution is -2.48. The fraction of sp³-hybridized carbons (Fsp3) is 0.409. The highest BCUT2D eigenvalue weighted by molar-refractivity contribution is 6.27. The first kappa shape index (κ1) is 18.6. The topological polar surface area (TPSA) is 60.9 Å². The quantitative estimate of drug-likeness (QED) is 0.590. The second-order valence-electron chi connectivity index (χ2n) is 7.83. The van der Waals surface area contributed by atoms with Gasteiger partial charge in [0.05, 0.1) is 18.3 Å². The molecule has 0 radical (unpaired) electrons. The molecule has 0 aliphatic carbocycles. The van der Waals surface area contributed by atoms with Crippen molar-refractivity contribution >= 4 is 34.6 Å². The molecule has 146 valence electrons. The van der Waals surface area contributed by atoms with Crippen molar-refractivity contribution in [3.63, 3.8) is 0 Å². The Bertz CT molecular complexity index is 985. The summed E-state index contributed by atoms with van der Waals surface area (Å²) >= 11 is 0. The minimum absolute atomic E-state index is 0.364. The molecule has 2 aliphatic rings. The Labute approximate surface area is 164 Å². The lowest BCUT2D eigenvalue weighted by molar-refractivity contribution is -0.111. The van der Waals surface area contributed by atoms with E-state index in [4.69, 9.17) is 0 Å². The third-order valence-corrected chi connectivity index (χ3v) is 5.78. The van der Waals surface area contributed by atoms with Gasteiger partial charge in [0, 0.05) is 30.2 Å². The number of fused-ring (bicyclic) bond motifs is 2. The van der Waals surface area contributed by atoms with Gasteiger partial charge in [0.15, 0.2) is 0 Å². The molecule has 1 unspecified atom stereocenters. The zero-order valence-corrected chi connectivity index (χ0v) is 16.6. The van der Waals surface area contributed by atoms with Crippen molar-refractivity contribution in [2.24, 2.45) is 0 Å². The smallest absolute Gasteiger partial charge is 0.262 e. The van der Waals surface area contributed by atoms with Crippen LogP contribution >= 0.6 is 0 Å². The number of anilines is 1.